The number of nitro groups is 1. The van der Waals surface area contributed by atoms with Crippen molar-refractivity contribution >= 4 is 28.2 Å². The zero-order valence-electron chi connectivity index (χ0n) is 8.27. The second-order valence-corrected chi connectivity index (χ2v) is 3.77. The van der Waals surface area contributed by atoms with Crippen molar-refractivity contribution in [1.29, 1.82) is 0 Å². The third-order valence-electron chi connectivity index (χ3n) is 2.30. The molecule has 0 bridgehead atoms. The summed E-state index contributed by atoms with van der Waals surface area (Å²) in [6.45, 7) is 1.75. The molecule has 0 amide bonds. The van der Waals surface area contributed by atoms with Crippen molar-refractivity contribution in [2.75, 3.05) is 0 Å². The minimum absolute atomic E-state index is 0.330. The monoisotopic (exact) mass is 238 g/mol. The summed E-state index contributed by atoms with van der Waals surface area (Å²) in [6, 6.07) is 3.14. The van der Waals surface area contributed by atoms with E-state index < -0.39 is 10.6 Å². The molecule has 82 valence electrons. The molecule has 2 rings (SSSR count). The molecule has 1 heterocycles. The summed E-state index contributed by atoms with van der Waals surface area (Å²) in [5.74, 6) is -0.380. The molecule has 0 saturated heterocycles. The summed E-state index contributed by atoms with van der Waals surface area (Å²) in [5.41, 5.74) is 0.750. The Morgan fingerprint density at radius 2 is 2.19 bits per heavy atom. The molecular formula is C10H7ClN2O3. The van der Waals surface area contributed by atoms with Gasteiger partial charge in [-0.15, -0.1) is 0 Å². The fourth-order valence-electron chi connectivity index (χ4n) is 1.43. The average molecular weight is 239 g/mol. The molecule has 0 aliphatic rings. The number of hydrogen-bond acceptors (Lipinski definition) is 4. The first kappa shape index (κ1) is 10.6. The smallest absolute Gasteiger partial charge is 0.329 e. The SMILES string of the molecule is Cc1cc2c(O)c([N+](=O)[O-])cnc2cc1Cl. The van der Waals surface area contributed by atoms with Crippen LogP contribution in [0.2, 0.25) is 5.02 Å². The van der Waals surface area contributed by atoms with Crippen LogP contribution in [0.1, 0.15) is 5.56 Å². The second-order valence-electron chi connectivity index (χ2n) is 3.37. The molecule has 0 unspecified atom stereocenters. The first-order chi connectivity index (χ1) is 7.50. The van der Waals surface area contributed by atoms with Gasteiger partial charge in [-0.1, -0.05) is 11.6 Å². The van der Waals surface area contributed by atoms with E-state index in [4.69, 9.17) is 11.6 Å². The Balaban J connectivity index is 2.84. The van der Waals surface area contributed by atoms with Crippen molar-refractivity contribution in [3.63, 3.8) is 0 Å². The van der Waals surface area contributed by atoms with Gasteiger partial charge in [0.1, 0.15) is 6.20 Å². The number of rotatable bonds is 1. The van der Waals surface area contributed by atoms with Crippen LogP contribution in [0.25, 0.3) is 10.9 Å². The lowest BCUT2D eigenvalue weighted by Crippen LogP contribution is -1.91. The van der Waals surface area contributed by atoms with E-state index in [9.17, 15) is 15.2 Å². The molecule has 0 saturated carbocycles. The molecule has 0 atom stereocenters. The molecule has 1 aromatic heterocycles. The van der Waals surface area contributed by atoms with Crippen LogP contribution in [-0.4, -0.2) is 15.0 Å². The lowest BCUT2D eigenvalue weighted by atomic mass is 10.1. The molecule has 5 nitrogen and oxygen atoms in total. The van der Waals surface area contributed by atoms with Crippen LogP contribution in [0, 0.1) is 17.0 Å². The molecular weight excluding hydrogens is 232 g/mol. The van der Waals surface area contributed by atoms with E-state index in [-0.39, 0.29) is 5.75 Å². The summed E-state index contributed by atoms with van der Waals surface area (Å²) < 4.78 is 0. The van der Waals surface area contributed by atoms with Gasteiger partial charge in [0.05, 0.1) is 10.4 Å². The van der Waals surface area contributed by atoms with Crippen LogP contribution in [0.5, 0.6) is 5.75 Å². The number of hydrogen-bond donors (Lipinski definition) is 1. The van der Waals surface area contributed by atoms with Crippen molar-refractivity contribution in [3.05, 3.63) is 39.0 Å². The van der Waals surface area contributed by atoms with Gasteiger partial charge in [-0.05, 0) is 24.6 Å². The number of aromatic hydroxyl groups is 1. The fourth-order valence-corrected chi connectivity index (χ4v) is 1.59. The van der Waals surface area contributed by atoms with Crippen LogP contribution < -0.4 is 0 Å². The van der Waals surface area contributed by atoms with Crippen LogP contribution in [0.15, 0.2) is 18.3 Å². The largest absolute Gasteiger partial charge is 0.502 e. The Labute approximate surface area is 95.4 Å². The van der Waals surface area contributed by atoms with E-state index in [0.717, 1.165) is 11.8 Å². The van der Waals surface area contributed by atoms with Crippen LogP contribution in [0.3, 0.4) is 0 Å². The molecule has 0 fully saturated rings. The van der Waals surface area contributed by atoms with E-state index in [1.54, 1.807) is 19.1 Å². The predicted molar refractivity (Wildman–Crippen MR) is 59.8 cm³/mol. The molecule has 0 radical (unpaired) electrons. The standard InChI is InChI=1S/C10H7ClN2O3/c1-5-2-6-8(3-7(5)11)12-4-9(10(6)14)13(15)16/h2-4H,1H3,(H,12,14). The molecule has 1 aromatic carbocycles. The second kappa shape index (κ2) is 3.61. The van der Waals surface area contributed by atoms with Crippen LogP contribution in [0.4, 0.5) is 5.69 Å². The number of halogens is 1. The topological polar surface area (TPSA) is 76.3 Å². The minimum Gasteiger partial charge on any atom is -0.502 e. The molecule has 16 heavy (non-hydrogen) atoms. The van der Waals surface area contributed by atoms with Crippen molar-refractivity contribution in [2.24, 2.45) is 0 Å². The van der Waals surface area contributed by atoms with E-state index in [2.05, 4.69) is 4.98 Å². The first-order valence-electron chi connectivity index (χ1n) is 4.43. The average Bonchev–Trinajstić information content (AvgIpc) is 2.21. The summed E-state index contributed by atoms with van der Waals surface area (Å²) >= 11 is 5.89. The van der Waals surface area contributed by atoms with Gasteiger partial charge in [0.15, 0.2) is 0 Å². The van der Waals surface area contributed by atoms with Gasteiger partial charge in [0.25, 0.3) is 0 Å². The Kier molecular flexibility index (Phi) is 2.40. The van der Waals surface area contributed by atoms with Gasteiger partial charge in [0, 0.05) is 10.4 Å². The minimum atomic E-state index is -0.675. The number of fused-ring (bicyclic) bond motifs is 1. The highest BCUT2D eigenvalue weighted by molar-refractivity contribution is 6.32. The maximum absolute atomic E-state index is 10.6. The van der Waals surface area contributed by atoms with Crippen LogP contribution in [-0.2, 0) is 0 Å². The lowest BCUT2D eigenvalue weighted by Gasteiger charge is -2.03. The van der Waals surface area contributed by atoms with Gasteiger partial charge in [-0.3, -0.25) is 10.1 Å². The first-order valence-corrected chi connectivity index (χ1v) is 4.80. The van der Waals surface area contributed by atoms with E-state index >= 15 is 0 Å². The molecule has 0 spiro atoms. The maximum atomic E-state index is 10.6. The van der Waals surface area contributed by atoms with Crippen molar-refractivity contribution in [2.45, 2.75) is 6.92 Å². The number of pyridine rings is 1. The molecule has 6 heteroatoms. The number of aromatic nitrogens is 1. The lowest BCUT2D eigenvalue weighted by molar-refractivity contribution is -0.386. The molecule has 1 N–H and O–H groups in total. The highest BCUT2D eigenvalue weighted by atomic mass is 35.5. The zero-order chi connectivity index (χ0) is 11.9. The summed E-state index contributed by atoms with van der Waals surface area (Å²) in [6.07, 6.45) is 1.02. The Morgan fingerprint density at radius 3 is 2.81 bits per heavy atom. The number of nitrogens with zero attached hydrogens (tertiary/aromatic N) is 2. The Hall–Kier alpha value is -1.88. The highest BCUT2D eigenvalue weighted by Crippen LogP contribution is 2.34. The molecule has 0 aliphatic carbocycles. The zero-order valence-corrected chi connectivity index (χ0v) is 9.02. The third-order valence-corrected chi connectivity index (χ3v) is 2.70. The fraction of sp³-hybridized carbons (Fsp3) is 0.100. The van der Waals surface area contributed by atoms with Crippen LogP contribution >= 0.6 is 11.6 Å². The van der Waals surface area contributed by atoms with Crippen molar-refractivity contribution < 1.29 is 10.0 Å². The van der Waals surface area contributed by atoms with Gasteiger partial charge in [0.2, 0.25) is 5.75 Å². The summed E-state index contributed by atoms with van der Waals surface area (Å²) in [7, 11) is 0. The Morgan fingerprint density at radius 1 is 1.50 bits per heavy atom. The van der Waals surface area contributed by atoms with E-state index in [0.29, 0.717) is 15.9 Å². The molecule has 0 aliphatic heterocycles. The van der Waals surface area contributed by atoms with E-state index in [1.165, 1.54) is 0 Å². The van der Waals surface area contributed by atoms with Gasteiger partial charge in [-0.25, -0.2) is 4.98 Å². The Bertz CT molecular complexity index is 598. The molecule has 2 aromatic rings. The van der Waals surface area contributed by atoms with Crippen molar-refractivity contribution in [1.82, 2.24) is 4.98 Å². The number of aryl methyl sites for hydroxylation is 1. The number of benzene rings is 1. The predicted octanol–water partition coefficient (Wildman–Crippen LogP) is 2.81. The third kappa shape index (κ3) is 1.55. The maximum Gasteiger partial charge on any atom is 0.329 e. The van der Waals surface area contributed by atoms with Gasteiger partial charge in [-0.2, -0.15) is 0 Å². The normalized spacial score (nSPS) is 10.6. The van der Waals surface area contributed by atoms with Crippen molar-refractivity contribution in [3.8, 4) is 5.75 Å². The van der Waals surface area contributed by atoms with Gasteiger partial charge >= 0.3 is 5.69 Å². The van der Waals surface area contributed by atoms with E-state index in [1.807, 2.05) is 0 Å². The summed E-state index contributed by atoms with van der Waals surface area (Å²) in [4.78, 5) is 13.8. The highest BCUT2D eigenvalue weighted by Gasteiger charge is 2.17. The van der Waals surface area contributed by atoms with Gasteiger partial charge < -0.3 is 5.11 Å². The summed E-state index contributed by atoms with van der Waals surface area (Å²) in [5, 5.41) is 21.1. The quantitative estimate of drug-likeness (QED) is 0.612.